The van der Waals surface area contributed by atoms with Gasteiger partial charge in [-0.05, 0) is 42.5 Å². The van der Waals surface area contributed by atoms with Crippen LogP contribution in [0.4, 0.5) is 4.39 Å². The topological polar surface area (TPSA) is 56.0 Å². The number of halogens is 1. The monoisotopic (exact) mass is 293 g/mol. The number of nitrogens with zero attached hydrogens (tertiary/aromatic N) is 1. The molecule has 106 valence electrons. The number of imidazole rings is 1. The van der Waals surface area contributed by atoms with E-state index in [1.807, 2.05) is 10.8 Å². The van der Waals surface area contributed by atoms with Crippen molar-refractivity contribution in [2.24, 2.45) is 5.73 Å². The Kier molecular flexibility index (Phi) is 3.58. The Bertz CT molecular complexity index is 679. The number of ether oxygens (including phenoxy) is 1. The number of hydrogen-bond acceptors (Lipinski definition) is 3. The fourth-order valence-electron chi connectivity index (χ4n) is 2.67. The standard InChI is InChI=1S/C14H16FN3OS/c15-10-1-2-13-9(5-10)6-12(8-19-13)18-11(3-4-16)7-17-14(18)20/h1-2,5,7,12H,3-4,6,8,16H2,(H,17,20)/t12-/m1/s1. The van der Waals surface area contributed by atoms with Crippen molar-refractivity contribution in [3.8, 4) is 5.75 Å². The summed E-state index contributed by atoms with van der Waals surface area (Å²) < 4.78 is 21.8. The van der Waals surface area contributed by atoms with Gasteiger partial charge in [0.25, 0.3) is 0 Å². The Morgan fingerprint density at radius 1 is 1.50 bits per heavy atom. The van der Waals surface area contributed by atoms with E-state index < -0.39 is 0 Å². The van der Waals surface area contributed by atoms with E-state index in [1.165, 1.54) is 12.1 Å². The molecule has 20 heavy (non-hydrogen) atoms. The van der Waals surface area contributed by atoms with Crippen LogP contribution in [0.1, 0.15) is 17.3 Å². The van der Waals surface area contributed by atoms with E-state index in [0.29, 0.717) is 24.3 Å². The summed E-state index contributed by atoms with van der Waals surface area (Å²) in [5.74, 6) is 0.512. The molecule has 1 atom stereocenters. The number of H-pyrrole nitrogens is 1. The van der Waals surface area contributed by atoms with Gasteiger partial charge in [0.15, 0.2) is 4.77 Å². The normalized spacial score (nSPS) is 17.6. The van der Waals surface area contributed by atoms with E-state index in [1.54, 1.807) is 6.07 Å². The molecular weight excluding hydrogens is 277 g/mol. The zero-order valence-electron chi connectivity index (χ0n) is 10.9. The van der Waals surface area contributed by atoms with E-state index in [9.17, 15) is 4.39 Å². The lowest BCUT2D eigenvalue weighted by atomic mass is 10.0. The van der Waals surface area contributed by atoms with Crippen molar-refractivity contribution in [3.05, 3.63) is 46.2 Å². The third-order valence-electron chi connectivity index (χ3n) is 3.57. The van der Waals surface area contributed by atoms with Gasteiger partial charge >= 0.3 is 0 Å². The lowest BCUT2D eigenvalue weighted by Crippen LogP contribution is -2.26. The van der Waals surface area contributed by atoms with Crippen LogP contribution in [0.2, 0.25) is 0 Å². The van der Waals surface area contributed by atoms with Crippen LogP contribution in [-0.2, 0) is 12.8 Å². The Labute approximate surface area is 121 Å². The van der Waals surface area contributed by atoms with Gasteiger partial charge in [0.1, 0.15) is 18.2 Å². The molecule has 4 nitrogen and oxygen atoms in total. The highest BCUT2D eigenvalue weighted by Gasteiger charge is 2.23. The quantitative estimate of drug-likeness (QED) is 0.854. The minimum atomic E-state index is -0.243. The zero-order valence-corrected chi connectivity index (χ0v) is 11.8. The Balaban J connectivity index is 1.94. The Morgan fingerprint density at radius 3 is 3.15 bits per heavy atom. The fraction of sp³-hybridized carbons (Fsp3) is 0.357. The van der Waals surface area contributed by atoms with E-state index in [0.717, 1.165) is 23.4 Å². The highest BCUT2D eigenvalue weighted by atomic mass is 32.1. The van der Waals surface area contributed by atoms with Gasteiger partial charge in [0.2, 0.25) is 0 Å². The molecule has 0 bridgehead atoms. The van der Waals surface area contributed by atoms with Crippen molar-refractivity contribution in [1.82, 2.24) is 9.55 Å². The molecule has 6 heteroatoms. The van der Waals surface area contributed by atoms with Gasteiger partial charge in [-0.25, -0.2) is 4.39 Å². The summed E-state index contributed by atoms with van der Waals surface area (Å²) in [6.07, 6.45) is 3.34. The first-order valence-corrected chi connectivity index (χ1v) is 7.00. The van der Waals surface area contributed by atoms with Gasteiger partial charge in [-0.3, -0.25) is 0 Å². The minimum absolute atomic E-state index is 0.0737. The molecule has 2 aromatic rings. The lowest BCUT2D eigenvalue weighted by molar-refractivity contribution is 0.220. The Hall–Kier alpha value is -1.66. The maximum atomic E-state index is 13.3. The molecule has 0 saturated heterocycles. The second-order valence-electron chi connectivity index (χ2n) is 4.91. The summed E-state index contributed by atoms with van der Waals surface area (Å²) in [6.45, 7) is 1.09. The smallest absolute Gasteiger partial charge is 0.177 e. The first-order chi connectivity index (χ1) is 9.69. The van der Waals surface area contributed by atoms with Crippen LogP contribution < -0.4 is 10.5 Å². The SMILES string of the molecule is NCCc1c[nH]c(=S)n1[C@H]1COc2ccc(F)cc2C1. The maximum absolute atomic E-state index is 13.3. The molecule has 0 radical (unpaired) electrons. The zero-order chi connectivity index (χ0) is 14.1. The summed E-state index contributed by atoms with van der Waals surface area (Å²) in [5, 5.41) is 0. The predicted octanol–water partition coefficient (Wildman–Crippen LogP) is 2.36. The van der Waals surface area contributed by atoms with Crippen molar-refractivity contribution in [2.45, 2.75) is 18.9 Å². The summed E-state index contributed by atoms with van der Waals surface area (Å²) >= 11 is 5.33. The van der Waals surface area contributed by atoms with Crippen LogP contribution in [-0.4, -0.2) is 22.7 Å². The average molecular weight is 293 g/mol. The van der Waals surface area contributed by atoms with Crippen LogP contribution >= 0.6 is 12.2 Å². The Morgan fingerprint density at radius 2 is 2.35 bits per heavy atom. The molecule has 0 saturated carbocycles. The van der Waals surface area contributed by atoms with Crippen LogP contribution in [0.25, 0.3) is 0 Å². The predicted molar refractivity (Wildman–Crippen MR) is 77.0 cm³/mol. The summed E-state index contributed by atoms with van der Waals surface area (Å²) in [7, 11) is 0. The van der Waals surface area contributed by atoms with Gasteiger partial charge in [-0.15, -0.1) is 0 Å². The molecule has 3 rings (SSSR count). The maximum Gasteiger partial charge on any atom is 0.177 e. The number of benzene rings is 1. The molecule has 0 spiro atoms. The van der Waals surface area contributed by atoms with E-state index in [4.69, 9.17) is 22.7 Å². The number of nitrogens with two attached hydrogens (primary N) is 1. The van der Waals surface area contributed by atoms with Gasteiger partial charge in [-0.1, -0.05) is 0 Å². The summed E-state index contributed by atoms with van der Waals surface area (Å²) in [4.78, 5) is 3.05. The number of rotatable bonds is 3. The van der Waals surface area contributed by atoms with E-state index >= 15 is 0 Å². The largest absolute Gasteiger partial charge is 0.491 e. The van der Waals surface area contributed by atoms with Crippen molar-refractivity contribution in [2.75, 3.05) is 13.2 Å². The van der Waals surface area contributed by atoms with Crippen LogP contribution in [0.15, 0.2) is 24.4 Å². The summed E-state index contributed by atoms with van der Waals surface area (Å²) in [5.41, 5.74) is 7.56. The molecule has 1 aliphatic rings. The van der Waals surface area contributed by atoms with Crippen LogP contribution in [0.5, 0.6) is 5.75 Å². The lowest BCUT2D eigenvalue weighted by Gasteiger charge is -2.27. The first-order valence-electron chi connectivity index (χ1n) is 6.59. The van der Waals surface area contributed by atoms with Crippen molar-refractivity contribution >= 4 is 12.2 Å². The van der Waals surface area contributed by atoms with E-state index in [2.05, 4.69) is 4.98 Å². The molecule has 3 N–H and O–H groups in total. The molecular formula is C14H16FN3OS. The molecule has 1 aliphatic heterocycles. The molecule has 1 aromatic heterocycles. The van der Waals surface area contributed by atoms with Crippen molar-refractivity contribution < 1.29 is 9.13 Å². The molecule has 0 amide bonds. The van der Waals surface area contributed by atoms with Crippen molar-refractivity contribution in [3.63, 3.8) is 0 Å². The highest BCUT2D eigenvalue weighted by Crippen LogP contribution is 2.31. The summed E-state index contributed by atoms with van der Waals surface area (Å²) in [6, 6.07) is 4.70. The number of aromatic amines is 1. The third-order valence-corrected chi connectivity index (χ3v) is 3.88. The molecule has 0 fully saturated rings. The number of aromatic nitrogens is 2. The molecule has 0 aliphatic carbocycles. The highest BCUT2D eigenvalue weighted by molar-refractivity contribution is 7.71. The van der Waals surface area contributed by atoms with E-state index in [-0.39, 0.29) is 11.9 Å². The van der Waals surface area contributed by atoms with Gasteiger partial charge in [0, 0.05) is 24.7 Å². The fourth-order valence-corrected chi connectivity index (χ4v) is 2.99. The van der Waals surface area contributed by atoms with Crippen LogP contribution in [0.3, 0.4) is 0 Å². The minimum Gasteiger partial charge on any atom is -0.491 e. The number of fused-ring (bicyclic) bond motifs is 1. The van der Waals surface area contributed by atoms with Crippen molar-refractivity contribution in [1.29, 1.82) is 0 Å². The number of hydrogen-bond donors (Lipinski definition) is 2. The molecule has 1 aromatic carbocycles. The van der Waals surface area contributed by atoms with Gasteiger partial charge in [-0.2, -0.15) is 0 Å². The third kappa shape index (κ3) is 2.36. The van der Waals surface area contributed by atoms with Gasteiger partial charge in [0.05, 0.1) is 6.04 Å². The second kappa shape index (κ2) is 5.38. The van der Waals surface area contributed by atoms with Gasteiger partial charge < -0.3 is 20.0 Å². The van der Waals surface area contributed by atoms with Crippen LogP contribution in [0, 0.1) is 10.6 Å². The second-order valence-corrected chi connectivity index (χ2v) is 5.30. The first kappa shape index (κ1) is 13.3. The average Bonchev–Trinajstić information content (AvgIpc) is 2.79. The number of nitrogens with one attached hydrogen (secondary N) is 1. The molecule has 2 heterocycles. The molecule has 0 unspecified atom stereocenters.